The predicted molar refractivity (Wildman–Crippen MR) is 71.2 cm³/mol. The molecule has 0 fully saturated rings. The minimum Gasteiger partial charge on any atom is -0.375 e. The molecular weight excluding hydrogens is 242 g/mol. The lowest BCUT2D eigenvalue weighted by molar-refractivity contribution is 0.0956. The molecule has 0 aromatic carbocycles. The van der Waals surface area contributed by atoms with E-state index in [1.165, 1.54) is 11.3 Å². The largest absolute Gasteiger partial charge is 0.375 e. The summed E-state index contributed by atoms with van der Waals surface area (Å²) in [6.45, 7) is 4.64. The number of amides is 1. The van der Waals surface area contributed by atoms with Gasteiger partial charge in [-0.25, -0.2) is 4.98 Å². The zero-order valence-corrected chi connectivity index (χ0v) is 11.4. The molecular formula is C10H17N3OS2. The van der Waals surface area contributed by atoms with Crippen LogP contribution in [0.1, 0.15) is 28.7 Å². The lowest BCUT2D eigenvalue weighted by Crippen LogP contribution is -2.25. The molecule has 3 N–H and O–H groups in total. The number of nitrogens with two attached hydrogens (primary N) is 1. The molecule has 0 aliphatic rings. The standard InChI is InChI=1S/C10H17N3OS2/c1-6(15-3)4-5-12-9(14)8-7(2)13-10(11)16-8/h6H,4-5H2,1-3H3,(H2,11,13)(H,12,14). The highest BCUT2D eigenvalue weighted by Gasteiger charge is 2.13. The highest BCUT2D eigenvalue weighted by molar-refractivity contribution is 7.99. The van der Waals surface area contributed by atoms with Gasteiger partial charge in [0.2, 0.25) is 0 Å². The average molecular weight is 259 g/mol. The summed E-state index contributed by atoms with van der Waals surface area (Å²) in [5, 5.41) is 3.89. The molecule has 0 aliphatic heterocycles. The molecule has 1 aromatic rings. The third kappa shape index (κ3) is 3.68. The summed E-state index contributed by atoms with van der Waals surface area (Å²) < 4.78 is 0. The Labute approximate surface area is 104 Å². The Bertz CT molecular complexity index is 365. The van der Waals surface area contributed by atoms with Gasteiger partial charge in [0.25, 0.3) is 5.91 Å². The Kier molecular flexibility index (Phi) is 5.08. The van der Waals surface area contributed by atoms with Gasteiger partial charge in [-0.1, -0.05) is 18.3 Å². The number of nitrogens with one attached hydrogen (secondary N) is 1. The molecule has 1 aromatic heterocycles. The van der Waals surface area contributed by atoms with Crippen molar-refractivity contribution in [2.75, 3.05) is 18.5 Å². The number of carbonyl (C=O) groups is 1. The fraction of sp³-hybridized carbons (Fsp3) is 0.600. The van der Waals surface area contributed by atoms with Crippen LogP contribution in [0.4, 0.5) is 5.13 Å². The number of hydrogen-bond donors (Lipinski definition) is 2. The Morgan fingerprint density at radius 3 is 2.88 bits per heavy atom. The van der Waals surface area contributed by atoms with Crippen molar-refractivity contribution in [1.29, 1.82) is 0 Å². The van der Waals surface area contributed by atoms with Crippen LogP contribution in [0.15, 0.2) is 0 Å². The first kappa shape index (κ1) is 13.3. The molecule has 0 radical (unpaired) electrons. The van der Waals surface area contributed by atoms with Gasteiger partial charge in [0.15, 0.2) is 5.13 Å². The van der Waals surface area contributed by atoms with Gasteiger partial charge in [0.05, 0.1) is 5.69 Å². The van der Waals surface area contributed by atoms with Crippen LogP contribution in [0.2, 0.25) is 0 Å². The fourth-order valence-corrected chi connectivity index (χ4v) is 2.32. The number of anilines is 1. The summed E-state index contributed by atoms with van der Waals surface area (Å²) in [6.07, 6.45) is 3.04. The van der Waals surface area contributed by atoms with E-state index in [1.54, 1.807) is 18.7 Å². The van der Waals surface area contributed by atoms with E-state index < -0.39 is 0 Å². The van der Waals surface area contributed by atoms with Crippen LogP contribution in [-0.2, 0) is 0 Å². The number of rotatable bonds is 5. The summed E-state index contributed by atoms with van der Waals surface area (Å²) in [5.41, 5.74) is 6.25. The molecule has 0 aliphatic carbocycles. The first-order valence-electron chi connectivity index (χ1n) is 5.08. The van der Waals surface area contributed by atoms with Gasteiger partial charge in [-0.05, 0) is 19.6 Å². The SMILES string of the molecule is CSC(C)CCNC(=O)c1sc(N)nc1C. The molecule has 1 amide bonds. The maximum Gasteiger partial charge on any atom is 0.263 e. The van der Waals surface area contributed by atoms with Gasteiger partial charge in [-0.2, -0.15) is 11.8 Å². The molecule has 0 spiro atoms. The molecule has 1 unspecified atom stereocenters. The van der Waals surface area contributed by atoms with Crippen molar-refractivity contribution in [2.45, 2.75) is 25.5 Å². The minimum atomic E-state index is -0.0694. The van der Waals surface area contributed by atoms with Gasteiger partial charge in [0, 0.05) is 11.8 Å². The van der Waals surface area contributed by atoms with Crippen molar-refractivity contribution in [3.8, 4) is 0 Å². The normalized spacial score (nSPS) is 12.4. The smallest absolute Gasteiger partial charge is 0.263 e. The average Bonchev–Trinajstić information content (AvgIpc) is 2.57. The molecule has 4 nitrogen and oxygen atoms in total. The summed E-state index contributed by atoms with van der Waals surface area (Å²) in [6, 6.07) is 0. The summed E-state index contributed by atoms with van der Waals surface area (Å²) in [4.78, 5) is 16.4. The van der Waals surface area contributed by atoms with E-state index in [1.807, 2.05) is 0 Å². The first-order chi connectivity index (χ1) is 7.54. The van der Waals surface area contributed by atoms with E-state index in [4.69, 9.17) is 5.73 Å². The van der Waals surface area contributed by atoms with Crippen molar-refractivity contribution in [2.24, 2.45) is 0 Å². The van der Waals surface area contributed by atoms with E-state index >= 15 is 0 Å². The third-order valence-electron chi connectivity index (χ3n) is 2.26. The van der Waals surface area contributed by atoms with Gasteiger partial charge >= 0.3 is 0 Å². The summed E-state index contributed by atoms with van der Waals surface area (Å²) >= 11 is 3.03. The molecule has 0 bridgehead atoms. The van der Waals surface area contributed by atoms with Crippen LogP contribution >= 0.6 is 23.1 Å². The lowest BCUT2D eigenvalue weighted by atomic mass is 10.3. The van der Waals surface area contributed by atoms with Crippen LogP contribution in [0.3, 0.4) is 0 Å². The lowest BCUT2D eigenvalue weighted by Gasteiger charge is -2.08. The summed E-state index contributed by atoms with van der Waals surface area (Å²) in [5.74, 6) is -0.0694. The zero-order chi connectivity index (χ0) is 12.1. The number of aromatic nitrogens is 1. The van der Waals surface area contributed by atoms with Crippen molar-refractivity contribution < 1.29 is 4.79 Å². The third-order valence-corrected chi connectivity index (χ3v) is 4.28. The van der Waals surface area contributed by atoms with Crippen molar-refractivity contribution in [3.63, 3.8) is 0 Å². The highest BCUT2D eigenvalue weighted by Crippen LogP contribution is 2.19. The topological polar surface area (TPSA) is 68.0 Å². The Hall–Kier alpha value is -0.750. The second kappa shape index (κ2) is 6.10. The van der Waals surface area contributed by atoms with Crippen LogP contribution in [0, 0.1) is 6.92 Å². The molecule has 6 heteroatoms. The molecule has 90 valence electrons. The zero-order valence-electron chi connectivity index (χ0n) is 9.74. The van der Waals surface area contributed by atoms with E-state index in [0.717, 1.165) is 6.42 Å². The number of nitrogen functional groups attached to an aromatic ring is 1. The predicted octanol–water partition coefficient (Wildman–Crippen LogP) is 1.91. The molecule has 16 heavy (non-hydrogen) atoms. The quantitative estimate of drug-likeness (QED) is 0.847. The fourth-order valence-electron chi connectivity index (χ4n) is 1.22. The number of aryl methyl sites for hydroxylation is 1. The van der Waals surface area contributed by atoms with Gasteiger partial charge in [-0.3, -0.25) is 4.79 Å². The van der Waals surface area contributed by atoms with Gasteiger partial charge in [-0.15, -0.1) is 0 Å². The Morgan fingerprint density at radius 1 is 1.69 bits per heavy atom. The van der Waals surface area contributed by atoms with Crippen LogP contribution < -0.4 is 11.1 Å². The van der Waals surface area contributed by atoms with Crippen LogP contribution in [-0.4, -0.2) is 28.9 Å². The molecule has 0 saturated carbocycles. The number of carbonyl (C=O) groups excluding carboxylic acids is 1. The molecule has 1 rings (SSSR count). The van der Waals surface area contributed by atoms with Crippen molar-refractivity contribution >= 4 is 34.1 Å². The second-order valence-electron chi connectivity index (χ2n) is 3.56. The molecule has 0 saturated heterocycles. The maximum absolute atomic E-state index is 11.7. The second-order valence-corrected chi connectivity index (χ2v) is 5.86. The Balaban J connectivity index is 2.44. The number of nitrogens with zero attached hydrogens (tertiary/aromatic N) is 1. The number of hydrogen-bond acceptors (Lipinski definition) is 5. The maximum atomic E-state index is 11.7. The molecule has 1 heterocycles. The van der Waals surface area contributed by atoms with Gasteiger partial charge in [0.1, 0.15) is 4.88 Å². The number of thioether (sulfide) groups is 1. The minimum absolute atomic E-state index is 0.0694. The number of thiazole rings is 1. The van der Waals surface area contributed by atoms with Crippen LogP contribution in [0.5, 0.6) is 0 Å². The van der Waals surface area contributed by atoms with E-state index in [2.05, 4.69) is 23.5 Å². The van der Waals surface area contributed by atoms with Crippen molar-refractivity contribution in [1.82, 2.24) is 10.3 Å². The van der Waals surface area contributed by atoms with Crippen LogP contribution in [0.25, 0.3) is 0 Å². The van der Waals surface area contributed by atoms with E-state index in [9.17, 15) is 4.79 Å². The molecule has 1 atom stereocenters. The van der Waals surface area contributed by atoms with E-state index in [-0.39, 0.29) is 5.91 Å². The van der Waals surface area contributed by atoms with Crippen molar-refractivity contribution in [3.05, 3.63) is 10.6 Å². The highest BCUT2D eigenvalue weighted by atomic mass is 32.2. The monoisotopic (exact) mass is 259 g/mol. The van der Waals surface area contributed by atoms with Gasteiger partial charge < -0.3 is 11.1 Å². The summed E-state index contributed by atoms with van der Waals surface area (Å²) in [7, 11) is 0. The first-order valence-corrected chi connectivity index (χ1v) is 7.19. The van der Waals surface area contributed by atoms with E-state index in [0.29, 0.717) is 27.5 Å². The Morgan fingerprint density at radius 2 is 2.38 bits per heavy atom.